The normalized spacial score (nSPS) is 28.2. The number of fused-ring (bicyclic) bond motifs is 4. The van der Waals surface area contributed by atoms with Crippen molar-refractivity contribution >= 4 is 56.3 Å². The van der Waals surface area contributed by atoms with Crippen LogP contribution in [0.5, 0.6) is 5.75 Å². The average molecular weight is 770 g/mol. The van der Waals surface area contributed by atoms with E-state index in [0.29, 0.717) is 52.1 Å². The van der Waals surface area contributed by atoms with E-state index in [4.69, 9.17) is 4.74 Å². The van der Waals surface area contributed by atoms with E-state index in [1.165, 1.54) is 11.0 Å². The number of ketones is 2. The maximum Gasteiger partial charge on any atom is 0.238 e. The van der Waals surface area contributed by atoms with Gasteiger partial charge in [-0.2, -0.15) is 0 Å². The van der Waals surface area contributed by atoms with Crippen LogP contribution < -0.4 is 9.80 Å². The summed E-state index contributed by atoms with van der Waals surface area (Å²) in [5, 5.41) is 11.6. The first-order valence-electron chi connectivity index (χ1n) is 18.2. The third-order valence-electron chi connectivity index (χ3n) is 12.2. The Hall–Kier alpha value is -5.12. The minimum absolute atomic E-state index is 0.00942. The summed E-state index contributed by atoms with van der Waals surface area (Å²) in [4.78, 5) is 62.8. The molecule has 9 heteroatoms. The van der Waals surface area contributed by atoms with Crippen LogP contribution in [0.3, 0.4) is 0 Å². The smallest absolute Gasteiger partial charge is 0.238 e. The molecule has 2 saturated heterocycles. The van der Waals surface area contributed by atoms with Gasteiger partial charge in [0.15, 0.2) is 11.6 Å². The first kappa shape index (κ1) is 33.7. The molecule has 0 bridgehead atoms. The maximum atomic E-state index is 15.2. The van der Waals surface area contributed by atoms with Crippen LogP contribution in [0.2, 0.25) is 0 Å². The summed E-state index contributed by atoms with van der Waals surface area (Å²) in [5.74, 6) is -4.53. The topological polar surface area (TPSA) is 104 Å². The molecule has 2 amide bonds. The van der Waals surface area contributed by atoms with Crippen LogP contribution in [0, 0.1) is 23.7 Å². The predicted octanol–water partition coefficient (Wildman–Crippen LogP) is 7.02. The van der Waals surface area contributed by atoms with Gasteiger partial charge < -0.3 is 14.7 Å². The molecule has 2 heterocycles. The van der Waals surface area contributed by atoms with Gasteiger partial charge in [0.25, 0.3) is 0 Å². The van der Waals surface area contributed by atoms with Gasteiger partial charge in [-0.05, 0) is 78.4 Å². The molecule has 266 valence electrons. The van der Waals surface area contributed by atoms with Crippen molar-refractivity contribution in [2.75, 3.05) is 36.1 Å². The van der Waals surface area contributed by atoms with Crippen LogP contribution in [0.4, 0.5) is 11.4 Å². The number of carbonyl (C=O) groups excluding carboxylic acids is 4. The highest BCUT2D eigenvalue weighted by molar-refractivity contribution is 9.10. The molecule has 3 aliphatic carbocycles. The Kier molecular flexibility index (Phi) is 8.31. The number of Topliss-reactive ketones (excluding diaryl/α,β-unsaturated/α-hetero) is 1. The molecule has 9 rings (SSSR count). The van der Waals surface area contributed by atoms with Crippen LogP contribution in [0.25, 0.3) is 5.57 Å². The molecule has 4 aromatic rings. The minimum atomic E-state index is -1.41. The highest BCUT2D eigenvalue weighted by atomic mass is 79.9. The van der Waals surface area contributed by atoms with Gasteiger partial charge in [0.05, 0.1) is 36.2 Å². The number of rotatable bonds is 5. The number of benzene rings is 4. The quantitative estimate of drug-likeness (QED) is 0.172. The summed E-state index contributed by atoms with van der Waals surface area (Å²) in [6.07, 6.45) is 4.01. The number of ether oxygens (including phenoxy) is 1. The second-order valence-corrected chi connectivity index (χ2v) is 15.5. The summed E-state index contributed by atoms with van der Waals surface area (Å²) in [7, 11) is 0. The molecule has 4 aromatic carbocycles. The third kappa shape index (κ3) is 5.19. The van der Waals surface area contributed by atoms with E-state index in [-0.39, 0.29) is 35.6 Å². The monoisotopic (exact) mass is 768 g/mol. The van der Waals surface area contributed by atoms with E-state index in [1.54, 1.807) is 12.1 Å². The molecule has 1 N–H and O–H groups in total. The first-order chi connectivity index (χ1) is 25.8. The number of hydrogen-bond acceptors (Lipinski definition) is 7. The minimum Gasteiger partial charge on any atom is -0.508 e. The molecule has 0 aromatic heterocycles. The highest BCUT2D eigenvalue weighted by Crippen LogP contribution is 2.64. The Bertz CT molecular complexity index is 2210. The van der Waals surface area contributed by atoms with E-state index in [2.05, 4.69) is 20.8 Å². The van der Waals surface area contributed by atoms with Gasteiger partial charge in [-0.15, -0.1) is 0 Å². The number of anilines is 2. The lowest BCUT2D eigenvalue weighted by Gasteiger charge is -2.55. The van der Waals surface area contributed by atoms with Crippen molar-refractivity contribution in [3.8, 4) is 5.75 Å². The van der Waals surface area contributed by atoms with E-state index < -0.39 is 35.0 Å². The number of phenolic OH excluding ortho intramolecular Hbond substituents is 1. The number of phenols is 1. The number of aromatic hydroxyl groups is 1. The molecule has 5 aliphatic rings. The summed E-state index contributed by atoms with van der Waals surface area (Å²) in [6.45, 7) is 2.83. The van der Waals surface area contributed by atoms with Crippen molar-refractivity contribution in [2.24, 2.45) is 23.7 Å². The molecule has 0 spiro atoms. The summed E-state index contributed by atoms with van der Waals surface area (Å²) >= 11 is 3.60. The van der Waals surface area contributed by atoms with E-state index in [9.17, 15) is 14.7 Å². The molecule has 3 fully saturated rings. The first-order valence-corrected chi connectivity index (χ1v) is 19.0. The SMILES string of the molecule is O=C1C(c2ccccc2)=CC(=O)[C@@]2(c3ccccc3)[C@@H](c3cc(Br)ccc3O)C3=CC[C@@H]4C(=O)N(c5ccc(N6CCOCC6)cc5)C(=O)[C@@H]4[C@@H]3C[C@@H]12. The standard InChI is InChI=1S/C44H37BrN2O6/c45-28-11-18-37(48)35(23-28)40-31-16-17-32-39(43(52)47(42(32)51)30-14-12-29(13-15-30)46-19-21-53-22-20-46)34(31)24-36-41(50)33(26-7-3-1-4-8-26)25-38(49)44(36,40)27-9-5-2-6-10-27/h1-16,18,23,25,32,34,36,39-40,48H,17,19-22,24H2/t32-,34+,36-,39-,40+,44-/m0/s1. The van der Waals surface area contributed by atoms with Crippen LogP contribution in [0.15, 0.2) is 125 Å². The number of nitrogens with zero attached hydrogens (tertiary/aromatic N) is 2. The second-order valence-electron chi connectivity index (χ2n) is 14.6. The Morgan fingerprint density at radius 1 is 0.774 bits per heavy atom. The van der Waals surface area contributed by atoms with Crippen molar-refractivity contribution in [1.82, 2.24) is 0 Å². The summed E-state index contributed by atoms with van der Waals surface area (Å²) in [5.41, 5.74) is 3.06. The number of allylic oxidation sites excluding steroid dienone is 4. The number of carbonyl (C=O) groups is 4. The van der Waals surface area contributed by atoms with Gasteiger partial charge >= 0.3 is 0 Å². The fourth-order valence-electron chi connectivity index (χ4n) is 9.86. The lowest BCUT2D eigenvalue weighted by Crippen LogP contribution is -2.58. The molecule has 6 atom stereocenters. The number of halogens is 1. The van der Waals surface area contributed by atoms with Gasteiger partial charge in [-0.3, -0.25) is 24.1 Å². The van der Waals surface area contributed by atoms with Crippen molar-refractivity contribution in [2.45, 2.75) is 24.2 Å². The number of hydrogen-bond donors (Lipinski definition) is 1. The maximum absolute atomic E-state index is 15.2. The van der Waals surface area contributed by atoms with E-state index >= 15 is 9.59 Å². The van der Waals surface area contributed by atoms with Crippen molar-refractivity contribution in [1.29, 1.82) is 0 Å². The van der Waals surface area contributed by atoms with Crippen LogP contribution in [-0.2, 0) is 29.3 Å². The zero-order chi connectivity index (χ0) is 36.4. The third-order valence-corrected chi connectivity index (χ3v) is 12.7. The number of amides is 2. The Morgan fingerprint density at radius 2 is 1.45 bits per heavy atom. The number of imide groups is 1. The summed E-state index contributed by atoms with van der Waals surface area (Å²) in [6, 6.07) is 31.3. The predicted molar refractivity (Wildman–Crippen MR) is 204 cm³/mol. The van der Waals surface area contributed by atoms with Crippen molar-refractivity contribution < 1.29 is 29.0 Å². The van der Waals surface area contributed by atoms with Crippen molar-refractivity contribution in [3.05, 3.63) is 142 Å². The van der Waals surface area contributed by atoms with Gasteiger partial charge in [-0.1, -0.05) is 88.2 Å². The zero-order valence-electron chi connectivity index (χ0n) is 28.9. The molecule has 53 heavy (non-hydrogen) atoms. The van der Waals surface area contributed by atoms with Gasteiger partial charge in [0, 0.05) is 46.2 Å². The Morgan fingerprint density at radius 3 is 2.17 bits per heavy atom. The number of morpholine rings is 1. The fourth-order valence-corrected chi connectivity index (χ4v) is 10.2. The average Bonchev–Trinajstić information content (AvgIpc) is 3.46. The van der Waals surface area contributed by atoms with E-state index in [1.807, 2.05) is 97.1 Å². The van der Waals surface area contributed by atoms with Crippen LogP contribution in [-0.4, -0.2) is 54.8 Å². The molecule has 8 nitrogen and oxygen atoms in total. The molecular weight excluding hydrogens is 732 g/mol. The molecular formula is C44H37BrN2O6. The molecule has 0 radical (unpaired) electrons. The van der Waals surface area contributed by atoms with Gasteiger partial charge in [0.1, 0.15) is 5.75 Å². The largest absolute Gasteiger partial charge is 0.508 e. The zero-order valence-corrected chi connectivity index (χ0v) is 30.4. The lowest BCUT2D eigenvalue weighted by molar-refractivity contribution is -0.135. The molecule has 1 saturated carbocycles. The fraction of sp³-hybridized carbons (Fsp3) is 0.273. The van der Waals surface area contributed by atoms with E-state index in [0.717, 1.165) is 24.4 Å². The Balaban J connectivity index is 1.19. The van der Waals surface area contributed by atoms with Crippen LogP contribution in [0.1, 0.15) is 35.4 Å². The molecule has 0 unspecified atom stereocenters. The lowest BCUT2D eigenvalue weighted by atomic mass is 9.44. The highest BCUT2D eigenvalue weighted by Gasteiger charge is 2.66. The Labute approximate surface area is 315 Å². The second kappa shape index (κ2) is 13.1. The molecule has 2 aliphatic heterocycles. The summed E-state index contributed by atoms with van der Waals surface area (Å²) < 4.78 is 6.21. The van der Waals surface area contributed by atoms with Crippen LogP contribution >= 0.6 is 15.9 Å². The van der Waals surface area contributed by atoms with Gasteiger partial charge in [0.2, 0.25) is 11.8 Å². The van der Waals surface area contributed by atoms with Crippen molar-refractivity contribution in [3.63, 3.8) is 0 Å². The van der Waals surface area contributed by atoms with Gasteiger partial charge in [-0.25, -0.2) is 0 Å².